The van der Waals surface area contributed by atoms with Crippen molar-refractivity contribution in [3.05, 3.63) is 35.4 Å². The fraction of sp³-hybridized carbons (Fsp3) is 0.600. The Morgan fingerprint density at radius 1 is 1.10 bits per heavy atom. The Morgan fingerprint density at radius 2 is 1.94 bits per heavy atom. The first kappa shape index (κ1) is 20.1. The molecule has 4 aliphatic rings. The molecular weight excluding hydrogens is 388 g/mol. The average Bonchev–Trinajstić information content (AvgIpc) is 3.34. The van der Waals surface area contributed by atoms with Crippen LogP contribution in [-0.4, -0.2) is 45.8 Å². The molecule has 3 heterocycles. The Morgan fingerprint density at radius 3 is 2.68 bits per heavy atom. The molecule has 0 unspecified atom stereocenters. The second-order valence-corrected chi connectivity index (χ2v) is 9.65. The summed E-state index contributed by atoms with van der Waals surface area (Å²) in [5, 5.41) is 19.3. The molecule has 6 heteroatoms. The lowest BCUT2D eigenvalue weighted by Gasteiger charge is -2.35. The summed E-state index contributed by atoms with van der Waals surface area (Å²) in [5.74, 6) is -0.205. The molecule has 0 N–H and O–H groups in total. The molecule has 6 nitrogen and oxygen atoms in total. The first-order valence-corrected chi connectivity index (χ1v) is 11.6. The van der Waals surface area contributed by atoms with E-state index in [0.717, 1.165) is 56.9 Å². The Balaban J connectivity index is 1.43. The molecule has 2 amide bonds. The van der Waals surface area contributed by atoms with Crippen LogP contribution >= 0.6 is 0 Å². The van der Waals surface area contributed by atoms with Crippen LogP contribution in [0, 0.1) is 28.6 Å². The number of rotatable bonds is 2. The van der Waals surface area contributed by atoms with Gasteiger partial charge >= 0.3 is 0 Å². The Hall–Kier alpha value is -2.86. The van der Waals surface area contributed by atoms with Crippen LogP contribution in [0.2, 0.25) is 0 Å². The smallest absolute Gasteiger partial charge is 0.245 e. The van der Waals surface area contributed by atoms with Crippen LogP contribution in [0.4, 0.5) is 0 Å². The molecule has 4 atom stereocenters. The second kappa shape index (κ2) is 7.68. The van der Waals surface area contributed by atoms with Crippen molar-refractivity contribution in [3.63, 3.8) is 0 Å². The van der Waals surface area contributed by atoms with Crippen LogP contribution in [0.15, 0.2) is 24.3 Å². The Labute approximate surface area is 183 Å². The molecule has 0 aromatic heterocycles. The topological polar surface area (TPSA) is 88.2 Å². The standard InChI is InChI=1S/C25H28N4O2/c26-14-17-5-4-6-18(13-17)20-16-28(25(11-12-25)21(20)15-27)24(31)22-10-9-19-7-2-1-3-8-23(30)29(19)22/h4-6,13,19-22H,1-3,7-12,16H2/t19-,20-,21-,22-/m0/s1. The van der Waals surface area contributed by atoms with Gasteiger partial charge in [-0.2, -0.15) is 10.5 Å². The first-order valence-electron chi connectivity index (χ1n) is 11.6. The average molecular weight is 417 g/mol. The predicted molar refractivity (Wildman–Crippen MR) is 113 cm³/mol. The molecule has 1 saturated carbocycles. The van der Waals surface area contributed by atoms with E-state index in [2.05, 4.69) is 12.1 Å². The maximum atomic E-state index is 13.8. The summed E-state index contributed by atoms with van der Waals surface area (Å²) in [7, 11) is 0. The molecule has 0 bridgehead atoms. The summed E-state index contributed by atoms with van der Waals surface area (Å²) >= 11 is 0. The van der Waals surface area contributed by atoms with Crippen molar-refractivity contribution in [2.75, 3.05) is 6.54 Å². The maximum Gasteiger partial charge on any atom is 0.245 e. The maximum absolute atomic E-state index is 13.8. The number of nitrogens with zero attached hydrogens (tertiary/aromatic N) is 4. The second-order valence-electron chi connectivity index (χ2n) is 9.65. The van der Waals surface area contributed by atoms with Gasteiger partial charge in [0.1, 0.15) is 6.04 Å². The lowest BCUT2D eigenvalue weighted by Crippen LogP contribution is -2.52. The fourth-order valence-corrected chi connectivity index (χ4v) is 6.32. The van der Waals surface area contributed by atoms with E-state index in [1.807, 2.05) is 28.0 Å². The minimum absolute atomic E-state index is 0.0353. The van der Waals surface area contributed by atoms with E-state index in [4.69, 9.17) is 0 Å². The third kappa shape index (κ3) is 3.21. The van der Waals surface area contributed by atoms with Gasteiger partial charge in [-0.25, -0.2) is 0 Å². The monoisotopic (exact) mass is 416 g/mol. The van der Waals surface area contributed by atoms with Gasteiger partial charge in [0.15, 0.2) is 0 Å². The van der Waals surface area contributed by atoms with Crippen LogP contribution in [-0.2, 0) is 9.59 Å². The third-order valence-corrected chi connectivity index (χ3v) is 8.01. The summed E-state index contributed by atoms with van der Waals surface area (Å²) < 4.78 is 0. The Bertz CT molecular complexity index is 986. The van der Waals surface area contributed by atoms with Crippen molar-refractivity contribution < 1.29 is 9.59 Å². The Kier molecular flexibility index (Phi) is 4.97. The molecule has 3 aliphatic heterocycles. The largest absolute Gasteiger partial charge is 0.333 e. The summed E-state index contributed by atoms with van der Waals surface area (Å²) in [5.41, 5.74) is 1.13. The minimum Gasteiger partial charge on any atom is -0.333 e. The zero-order valence-corrected chi connectivity index (χ0v) is 17.8. The fourth-order valence-electron chi connectivity index (χ4n) is 6.32. The van der Waals surface area contributed by atoms with Gasteiger partial charge in [-0.15, -0.1) is 0 Å². The van der Waals surface area contributed by atoms with Crippen LogP contribution in [0.3, 0.4) is 0 Å². The molecular formula is C25H28N4O2. The number of benzene rings is 1. The summed E-state index contributed by atoms with van der Waals surface area (Å²) in [6.45, 7) is 0.495. The third-order valence-electron chi connectivity index (χ3n) is 8.01. The van der Waals surface area contributed by atoms with Crippen molar-refractivity contribution in [1.29, 1.82) is 10.5 Å². The molecule has 1 spiro atoms. The van der Waals surface area contributed by atoms with Crippen molar-refractivity contribution in [1.82, 2.24) is 9.80 Å². The van der Waals surface area contributed by atoms with Crippen molar-refractivity contribution in [3.8, 4) is 12.1 Å². The number of likely N-dealkylation sites (tertiary alicyclic amines) is 1. The summed E-state index contributed by atoms with van der Waals surface area (Å²) in [4.78, 5) is 30.6. The van der Waals surface area contributed by atoms with Crippen molar-refractivity contribution >= 4 is 11.8 Å². The number of fused-ring (bicyclic) bond motifs is 1. The highest BCUT2D eigenvalue weighted by Crippen LogP contribution is 2.58. The highest BCUT2D eigenvalue weighted by atomic mass is 16.2. The van der Waals surface area contributed by atoms with E-state index in [1.54, 1.807) is 6.07 Å². The van der Waals surface area contributed by atoms with E-state index < -0.39 is 5.54 Å². The van der Waals surface area contributed by atoms with Crippen LogP contribution in [0.1, 0.15) is 74.8 Å². The normalized spacial score (nSPS) is 31.5. The number of nitriles is 2. The lowest BCUT2D eigenvalue weighted by atomic mass is 9.84. The van der Waals surface area contributed by atoms with Crippen LogP contribution in [0.5, 0.6) is 0 Å². The van der Waals surface area contributed by atoms with E-state index in [-0.39, 0.29) is 35.7 Å². The van der Waals surface area contributed by atoms with Crippen molar-refractivity contribution in [2.45, 2.75) is 81.3 Å². The molecule has 3 saturated heterocycles. The molecule has 160 valence electrons. The summed E-state index contributed by atoms with van der Waals surface area (Å²) in [6.07, 6.45) is 7.97. The summed E-state index contributed by atoms with van der Waals surface area (Å²) in [6, 6.07) is 11.9. The number of hydrogen-bond acceptors (Lipinski definition) is 4. The van der Waals surface area contributed by atoms with Gasteiger partial charge in [-0.05, 0) is 56.2 Å². The molecule has 1 aromatic carbocycles. The highest BCUT2D eigenvalue weighted by Gasteiger charge is 2.64. The zero-order valence-electron chi connectivity index (χ0n) is 17.8. The number of carbonyl (C=O) groups excluding carboxylic acids is 2. The van der Waals surface area contributed by atoms with E-state index in [0.29, 0.717) is 18.5 Å². The van der Waals surface area contributed by atoms with Gasteiger partial charge in [0.25, 0.3) is 0 Å². The lowest BCUT2D eigenvalue weighted by molar-refractivity contribution is -0.147. The number of amides is 2. The number of carbonyl (C=O) groups is 2. The minimum atomic E-state index is -0.400. The van der Waals surface area contributed by atoms with Crippen molar-refractivity contribution in [2.24, 2.45) is 5.92 Å². The van der Waals surface area contributed by atoms with E-state index in [1.165, 1.54) is 0 Å². The predicted octanol–water partition coefficient (Wildman–Crippen LogP) is 3.48. The zero-order chi connectivity index (χ0) is 21.6. The van der Waals surface area contributed by atoms with Gasteiger partial charge in [0.05, 0.1) is 29.2 Å². The van der Waals surface area contributed by atoms with Gasteiger partial charge in [-0.1, -0.05) is 25.0 Å². The SMILES string of the molecule is N#Cc1cccc([C@@H]2CN(C(=O)[C@@H]3CC[C@@H]4CCCCCC(=O)N43)C3(CC3)[C@H]2C#N)c1. The highest BCUT2D eigenvalue weighted by molar-refractivity contribution is 5.89. The molecule has 1 aromatic rings. The van der Waals surface area contributed by atoms with Gasteiger partial charge in [0, 0.05) is 24.9 Å². The molecule has 31 heavy (non-hydrogen) atoms. The van der Waals surface area contributed by atoms with E-state index in [9.17, 15) is 20.1 Å². The quantitative estimate of drug-likeness (QED) is 0.738. The molecule has 0 radical (unpaired) electrons. The molecule has 1 aliphatic carbocycles. The number of hydrogen-bond donors (Lipinski definition) is 0. The van der Waals surface area contributed by atoms with Crippen LogP contribution in [0.25, 0.3) is 0 Å². The molecule has 5 rings (SSSR count). The molecule has 4 fully saturated rings. The van der Waals surface area contributed by atoms with Gasteiger partial charge in [0.2, 0.25) is 11.8 Å². The van der Waals surface area contributed by atoms with E-state index >= 15 is 0 Å². The first-order chi connectivity index (χ1) is 15.1. The van der Waals surface area contributed by atoms with Gasteiger partial charge in [-0.3, -0.25) is 9.59 Å². The van der Waals surface area contributed by atoms with Crippen LogP contribution < -0.4 is 0 Å². The van der Waals surface area contributed by atoms with Gasteiger partial charge < -0.3 is 9.80 Å².